The van der Waals surface area contributed by atoms with Crippen molar-refractivity contribution in [2.24, 2.45) is 0 Å². The number of hydrogen-bond donors (Lipinski definition) is 1. The second kappa shape index (κ2) is 5.55. The lowest BCUT2D eigenvalue weighted by Gasteiger charge is -2.18. The molecule has 16 heavy (non-hydrogen) atoms. The van der Waals surface area contributed by atoms with Crippen molar-refractivity contribution in [1.29, 1.82) is 0 Å². The number of halogens is 1. The van der Waals surface area contributed by atoms with Crippen LogP contribution >= 0.6 is 11.6 Å². The van der Waals surface area contributed by atoms with Gasteiger partial charge in [0.05, 0.1) is 18.6 Å². The van der Waals surface area contributed by atoms with E-state index in [1.165, 1.54) is 5.56 Å². The fourth-order valence-corrected chi connectivity index (χ4v) is 1.71. The van der Waals surface area contributed by atoms with Gasteiger partial charge >= 0.3 is 0 Å². The molecule has 0 aliphatic rings. The van der Waals surface area contributed by atoms with Crippen LogP contribution < -0.4 is 4.74 Å². The van der Waals surface area contributed by atoms with Crippen LogP contribution in [0.2, 0.25) is 0 Å². The molecule has 0 saturated heterocycles. The Hall–Kier alpha value is -0.730. The van der Waals surface area contributed by atoms with Gasteiger partial charge in [0.1, 0.15) is 5.75 Å². The second-order valence-corrected chi connectivity index (χ2v) is 4.97. The van der Waals surface area contributed by atoms with E-state index in [0.29, 0.717) is 11.7 Å². The van der Waals surface area contributed by atoms with Crippen molar-refractivity contribution >= 4 is 11.6 Å². The minimum Gasteiger partial charge on any atom is -0.496 e. The highest BCUT2D eigenvalue weighted by Gasteiger charge is 2.18. The van der Waals surface area contributed by atoms with Crippen LogP contribution in [0.25, 0.3) is 0 Å². The average molecular weight is 243 g/mol. The van der Waals surface area contributed by atoms with Crippen molar-refractivity contribution in [1.82, 2.24) is 0 Å². The summed E-state index contributed by atoms with van der Waals surface area (Å²) < 4.78 is 5.29. The van der Waals surface area contributed by atoms with Gasteiger partial charge in [-0.15, -0.1) is 11.6 Å². The van der Waals surface area contributed by atoms with Gasteiger partial charge in [-0.25, -0.2) is 0 Å². The van der Waals surface area contributed by atoms with Gasteiger partial charge in [0.15, 0.2) is 0 Å². The Labute approximate surface area is 102 Å². The van der Waals surface area contributed by atoms with E-state index in [0.717, 1.165) is 5.56 Å². The standard InChI is InChI=1S/C13H19ClO2/c1-8(2)10-5-6-11(12(7-10)16-4)13(15)9(3)14/h5-9,13,15H,1-4H3. The number of hydrogen-bond acceptors (Lipinski definition) is 2. The summed E-state index contributed by atoms with van der Waals surface area (Å²) in [5.74, 6) is 1.14. The third kappa shape index (κ3) is 2.89. The first-order chi connectivity index (χ1) is 7.47. The monoisotopic (exact) mass is 242 g/mol. The van der Waals surface area contributed by atoms with Crippen molar-refractivity contribution in [2.45, 2.75) is 38.2 Å². The molecule has 0 radical (unpaired) electrons. The van der Waals surface area contributed by atoms with Gasteiger partial charge in [-0.3, -0.25) is 0 Å². The van der Waals surface area contributed by atoms with Gasteiger partial charge in [-0.2, -0.15) is 0 Å². The Morgan fingerprint density at radius 1 is 1.25 bits per heavy atom. The zero-order valence-electron chi connectivity index (χ0n) is 10.2. The van der Waals surface area contributed by atoms with E-state index in [4.69, 9.17) is 16.3 Å². The minimum absolute atomic E-state index is 0.334. The van der Waals surface area contributed by atoms with Crippen molar-refractivity contribution in [2.75, 3.05) is 7.11 Å². The lowest BCUT2D eigenvalue weighted by molar-refractivity contribution is 0.173. The van der Waals surface area contributed by atoms with Crippen molar-refractivity contribution in [3.8, 4) is 5.75 Å². The first-order valence-electron chi connectivity index (χ1n) is 5.47. The van der Waals surface area contributed by atoms with Crippen LogP contribution in [0, 0.1) is 0 Å². The van der Waals surface area contributed by atoms with E-state index >= 15 is 0 Å². The molecule has 0 amide bonds. The Kier molecular flexibility index (Phi) is 4.63. The van der Waals surface area contributed by atoms with Gasteiger partial charge in [0.25, 0.3) is 0 Å². The molecule has 0 aliphatic heterocycles. The van der Waals surface area contributed by atoms with E-state index in [9.17, 15) is 5.11 Å². The molecule has 2 unspecified atom stereocenters. The molecule has 1 N–H and O–H groups in total. The molecule has 90 valence electrons. The summed E-state index contributed by atoms with van der Waals surface area (Å²) in [5, 5.41) is 9.59. The summed E-state index contributed by atoms with van der Waals surface area (Å²) in [5.41, 5.74) is 1.93. The molecule has 0 saturated carbocycles. The second-order valence-electron chi connectivity index (χ2n) is 4.28. The number of alkyl halides is 1. The molecule has 1 aromatic carbocycles. The highest BCUT2D eigenvalue weighted by atomic mass is 35.5. The highest BCUT2D eigenvalue weighted by molar-refractivity contribution is 6.20. The highest BCUT2D eigenvalue weighted by Crippen LogP contribution is 2.31. The van der Waals surface area contributed by atoms with Crippen molar-refractivity contribution in [3.63, 3.8) is 0 Å². The quantitative estimate of drug-likeness (QED) is 0.820. The van der Waals surface area contributed by atoms with Gasteiger partial charge < -0.3 is 9.84 Å². The molecule has 0 aromatic heterocycles. The van der Waals surface area contributed by atoms with Gasteiger partial charge in [-0.05, 0) is 24.5 Å². The van der Waals surface area contributed by atoms with Crippen molar-refractivity contribution < 1.29 is 9.84 Å². The summed E-state index contributed by atoms with van der Waals surface area (Å²) in [6, 6.07) is 5.85. The maximum Gasteiger partial charge on any atom is 0.124 e. The fourth-order valence-electron chi connectivity index (χ4n) is 1.58. The predicted octanol–water partition coefficient (Wildman–Crippen LogP) is 3.48. The molecule has 0 fully saturated rings. The third-order valence-electron chi connectivity index (χ3n) is 2.68. The number of aliphatic hydroxyl groups is 1. The lowest BCUT2D eigenvalue weighted by Crippen LogP contribution is -2.10. The third-order valence-corrected chi connectivity index (χ3v) is 2.92. The fraction of sp³-hybridized carbons (Fsp3) is 0.538. The van der Waals surface area contributed by atoms with E-state index in [-0.39, 0.29) is 5.38 Å². The summed E-state index contributed by atoms with van der Waals surface area (Å²) >= 11 is 5.89. The van der Waals surface area contributed by atoms with Crippen LogP contribution in [-0.2, 0) is 0 Å². The number of methoxy groups -OCH3 is 1. The van der Waals surface area contributed by atoms with Gasteiger partial charge in [-0.1, -0.05) is 26.0 Å². The molecule has 3 heteroatoms. The van der Waals surface area contributed by atoms with E-state index in [2.05, 4.69) is 13.8 Å². The van der Waals surface area contributed by atoms with Crippen LogP contribution in [0.3, 0.4) is 0 Å². The van der Waals surface area contributed by atoms with Crippen LogP contribution in [0.4, 0.5) is 0 Å². The maximum atomic E-state index is 9.93. The van der Waals surface area contributed by atoms with Crippen LogP contribution in [0.5, 0.6) is 5.75 Å². The molecule has 2 atom stereocenters. The normalized spacial score (nSPS) is 14.9. The molecular weight excluding hydrogens is 224 g/mol. The smallest absolute Gasteiger partial charge is 0.124 e. The average Bonchev–Trinajstić information content (AvgIpc) is 2.26. The zero-order valence-corrected chi connectivity index (χ0v) is 11.0. The first kappa shape index (κ1) is 13.3. The summed E-state index contributed by atoms with van der Waals surface area (Å²) in [4.78, 5) is 0. The molecular formula is C13H19ClO2. The number of aliphatic hydroxyl groups excluding tert-OH is 1. The largest absolute Gasteiger partial charge is 0.496 e. The molecule has 2 nitrogen and oxygen atoms in total. The Morgan fingerprint density at radius 3 is 2.31 bits per heavy atom. The lowest BCUT2D eigenvalue weighted by atomic mass is 9.98. The van der Waals surface area contributed by atoms with E-state index < -0.39 is 6.10 Å². The summed E-state index contributed by atoms with van der Waals surface area (Å²) in [6.07, 6.45) is -0.696. The number of rotatable bonds is 4. The van der Waals surface area contributed by atoms with Crippen LogP contribution in [0.1, 0.15) is 43.9 Å². The van der Waals surface area contributed by atoms with E-state index in [1.807, 2.05) is 18.2 Å². The molecule has 1 rings (SSSR count). The zero-order chi connectivity index (χ0) is 12.3. The predicted molar refractivity (Wildman–Crippen MR) is 67.4 cm³/mol. The molecule has 0 heterocycles. The molecule has 0 bridgehead atoms. The SMILES string of the molecule is COc1cc(C(C)C)ccc1C(O)C(C)Cl. The van der Waals surface area contributed by atoms with Crippen LogP contribution in [-0.4, -0.2) is 17.6 Å². The maximum absolute atomic E-state index is 9.93. The summed E-state index contributed by atoms with van der Waals surface area (Å²) in [7, 11) is 1.61. The number of benzene rings is 1. The molecule has 0 spiro atoms. The topological polar surface area (TPSA) is 29.5 Å². The Balaban J connectivity index is 3.11. The first-order valence-corrected chi connectivity index (χ1v) is 5.91. The van der Waals surface area contributed by atoms with Crippen molar-refractivity contribution in [3.05, 3.63) is 29.3 Å². The minimum atomic E-state index is -0.696. The Bertz CT molecular complexity index is 348. The summed E-state index contributed by atoms with van der Waals surface area (Å²) in [6.45, 7) is 6.01. The van der Waals surface area contributed by atoms with Gasteiger partial charge in [0, 0.05) is 5.56 Å². The van der Waals surface area contributed by atoms with E-state index in [1.54, 1.807) is 14.0 Å². The molecule has 1 aromatic rings. The number of ether oxygens (including phenoxy) is 1. The molecule has 0 aliphatic carbocycles. The Morgan fingerprint density at radius 2 is 1.88 bits per heavy atom. The van der Waals surface area contributed by atoms with Gasteiger partial charge in [0.2, 0.25) is 0 Å². The van der Waals surface area contributed by atoms with Crippen LogP contribution in [0.15, 0.2) is 18.2 Å².